The summed E-state index contributed by atoms with van der Waals surface area (Å²) in [6, 6.07) is -0.289. The average molecular weight is 569 g/mol. The number of ketones is 1. The summed E-state index contributed by atoms with van der Waals surface area (Å²) >= 11 is 0. The largest absolute Gasteiger partial charge is 0.487 e. The van der Waals surface area contributed by atoms with Crippen molar-refractivity contribution in [1.29, 1.82) is 0 Å². The SMILES string of the molecule is CC(CC(=O)c1cn2c3c(c(N4CCN(C)CC4)c(F)cc3c1=O)OCC2C)C(=O)NC(Cc1cnc[nH]1)C(=O)O. The van der Waals surface area contributed by atoms with Gasteiger partial charge >= 0.3 is 5.97 Å². The fraction of sp³-hybridized carbons (Fsp3) is 0.464. The molecule has 1 fully saturated rings. The highest BCUT2D eigenvalue weighted by molar-refractivity contribution is 6.02. The number of piperazine rings is 1. The number of benzene rings is 1. The zero-order valence-corrected chi connectivity index (χ0v) is 23.1. The Bertz CT molecular complexity index is 1550. The van der Waals surface area contributed by atoms with Gasteiger partial charge in [-0.05, 0) is 20.0 Å². The molecule has 41 heavy (non-hydrogen) atoms. The molecule has 2 aliphatic rings. The minimum atomic E-state index is -1.23. The molecule has 0 bridgehead atoms. The molecule has 4 heterocycles. The van der Waals surface area contributed by atoms with Crippen molar-refractivity contribution in [2.45, 2.75) is 38.8 Å². The van der Waals surface area contributed by atoms with Gasteiger partial charge in [-0.3, -0.25) is 14.4 Å². The van der Waals surface area contributed by atoms with Crippen LogP contribution in [-0.4, -0.2) is 88.1 Å². The highest BCUT2D eigenvalue weighted by Crippen LogP contribution is 2.42. The van der Waals surface area contributed by atoms with Crippen molar-refractivity contribution in [2.75, 3.05) is 44.7 Å². The lowest BCUT2D eigenvalue weighted by molar-refractivity contribution is -0.142. The highest BCUT2D eigenvalue weighted by Gasteiger charge is 2.32. The number of rotatable bonds is 9. The molecule has 2 aromatic heterocycles. The zero-order valence-electron chi connectivity index (χ0n) is 23.1. The van der Waals surface area contributed by atoms with Crippen LogP contribution in [0.3, 0.4) is 0 Å². The Labute approximate surface area is 235 Å². The van der Waals surface area contributed by atoms with Crippen molar-refractivity contribution in [1.82, 2.24) is 24.8 Å². The van der Waals surface area contributed by atoms with E-state index in [9.17, 15) is 24.3 Å². The van der Waals surface area contributed by atoms with Crippen LogP contribution < -0.4 is 20.4 Å². The number of aromatic nitrogens is 3. The minimum absolute atomic E-state index is 0.0128. The average Bonchev–Trinajstić information content (AvgIpc) is 3.45. The molecule has 0 saturated carbocycles. The number of amides is 1. The number of carboxylic acids is 1. The molecular weight excluding hydrogens is 535 g/mol. The molecular formula is C28H33FN6O6. The van der Waals surface area contributed by atoms with Crippen LogP contribution in [0.2, 0.25) is 0 Å². The van der Waals surface area contributed by atoms with Crippen LogP contribution in [0.5, 0.6) is 5.75 Å². The quantitative estimate of drug-likeness (QED) is 0.327. The number of aliphatic carboxylic acids is 1. The van der Waals surface area contributed by atoms with Crippen molar-refractivity contribution in [3.8, 4) is 5.75 Å². The fourth-order valence-corrected chi connectivity index (χ4v) is 5.35. The number of nitrogens with zero attached hydrogens (tertiary/aromatic N) is 4. The first-order valence-electron chi connectivity index (χ1n) is 13.6. The van der Waals surface area contributed by atoms with Crippen molar-refractivity contribution in [2.24, 2.45) is 5.92 Å². The van der Waals surface area contributed by atoms with Crippen LogP contribution in [0.25, 0.3) is 10.9 Å². The molecule has 1 amide bonds. The van der Waals surface area contributed by atoms with Gasteiger partial charge in [-0.25, -0.2) is 14.2 Å². The predicted molar refractivity (Wildman–Crippen MR) is 148 cm³/mol. The Morgan fingerprint density at radius 2 is 2.00 bits per heavy atom. The number of nitrogens with one attached hydrogen (secondary N) is 2. The van der Waals surface area contributed by atoms with E-state index in [1.807, 2.05) is 18.9 Å². The second kappa shape index (κ2) is 11.3. The van der Waals surface area contributed by atoms with Gasteiger partial charge in [0.25, 0.3) is 0 Å². The van der Waals surface area contributed by atoms with Gasteiger partial charge in [-0.1, -0.05) is 6.92 Å². The molecule has 12 nitrogen and oxygen atoms in total. The van der Waals surface area contributed by atoms with Crippen molar-refractivity contribution >= 4 is 34.3 Å². The zero-order chi connectivity index (χ0) is 29.4. The number of carboxylic acid groups (broad SMARTS) is 1. The molecule has 3 aromatic rings. The summed E-state index contributed by atoms with van der Waals surface area (Å²) in [7, 11) is 2.00. The lowest BCUT2D eigenvalue weighted by atomic mass is 9.97. The van der Waals surface area contributed by atoms with Crippen LogP contribution in [-0.2, 0) is 16.0 Å². The molecule has 2 aliphatic heterocycles. The van der Waals surface area contributed by atoms with Gasteiger partial charge in [0.1, 0.15) is 18.3 Å². The van der Waals surface area contributed by atoms with E-state index in [1.165, 1.54) is 31.7 Å². The third kappa shape index (κ3) is 5.53. The van der Waals surface area contributed by atoms with E-state index in [0.29, 0.717) is 35.7 Å². The van der Waals surface area contributed by atoms with E-state index < -0.39 is 40.9 Å². The van der Waals surface area contributed by atoms with E-state index in [1.54, 1.807) is 4.57 Å². The normalized spacial score (nSPS) is 18.5. The van der Waals surface area contributed by atoms with Crippen LogP contribution in [0.1, 0.15) is 42.4 Å². The highest BCUT2D eigenvalue weighted by atomic mass is 19.1. The van der Waals surface area contributed by atoms with Crippen LogP contribution >= 0.6 is 0 Å². The number of imidazole rings is 1. The maximum absolute atomic E-state index is 15.6. The number of likely N-dealkylation sites (N-methyl/N-ethyl adjacent to an activating group) is 1. The molecule has 0 spiro atoms. The molecule has 13 heteroatoms. The number of ether oxygens (including phenoxy) is 1. The van der Waals surface area contributed by atoms with E-state index in [0.717, 1.165) is 13.1 Å². The lowest BCUT2D eigenvalue weighted by Gasteiger charge is -2.37. The number of aromatic amines is 1. The summed E-state index contributed by atoms with van der Waals surface area (Å²) in [5.74, 6) is -3.68. The van der Waals surface area contributed by atoms with Gasteiger partial charge < -0.3 is 34.5 Å². The second-order valence-electron chi connectivity index (χ2n) is 10.9. The third-order valence-corrected chi connectivity index (χ3v) is 7.79. The Morgan fingerprint density at radius 1 is 1.27 bits per heavy atom. The maximum Gasteiger partial charge on any atom is 0.326 e. The number of hydrogen-bond donors (Lipinski definition) is 3. The number of hydrogen-bond acceptors (Lipinski definition) is 8. The molecule has 5 rings (SSSR count). The summed E-state index contributed by atoms with van der Waals surface area (Å²) in [4.78, 5) is 62.1. The molecule has 1 aromatic carbocycles. The lowest BCUT2D eigenvalue weighted by Crippen LogP contribution is -2.45. The first-order chi connectivity index (χ1) is 19.5. The standard InChI is InChI=1S/C28H33FN6O6/c1-15(27(38)32-21(28(39)40)9-17-11-30-14-31-17)8-22(36)19-12-35-16(2)13-41-26-23(35)18(25(19)37)10-20(29)24(26)34-6-4-33(3)5-7-34/h10-12,14-16,21H,4-9,13H2,1-3H3,(H,30,31)(H,32,38)(H,39,40). The molecule has 3 unspecified atom stereocenters. The summed E-state index contributed by atoms with van der Waals surface area (Å²) in [5, 5.41) is 12.0. The number of carbonyl (C=O) groups is 3. The number of H-pyrrole nitrogens is 1. The molecule has 0 aliphatic carbocycles. The predicted octanol–water partition coefficient (Wildman–Crippen LogP) is 1.59. The van der Waals surface area contributed by atoms with E-state index in [4.69, 9.17) is 4.74 Å². The van der Waals surface area contributed by atoms with Gasteiger partial charge in [0, 0.05) is 63.0 Å². The number of carbonyl (C=O) groups excluding carboxylic acids is 2. The van der Waals surface area contributed by atoms with Gasteiger partial charge in [0.15, 0.2) is 22.8 Å². The number of halogens is 1. The molecule has 3 N–H and O–H groups in total. The van der Waals surface area contributed by atoms with E-state index in [2.05, 4.69) is 20.2 Å². The first kappa shape index (κ1) is 28.3. The number of pyridine rings is 1. The Hall–Kier alpha value is -4.26. The topological polar surface area (TPSA) is 150 Å². The van der Waals surface area contributed by atoms with Gasteiger partial charge in [-0.2, -0.15) is 0 Å². The van der Waals surface area contributed by atoms with Crippen molar-refractivity contribution in [3.63, 3.8) is 0 Å². The molecule has 218 valence electrons. The van der Waals surface area contributed by atoms with Gasteiger partial charge in [0.2, 0.25) is 5.91 Å². The maximum atomic E-state index is 15.6. The molecule has 3 atom stereocenters. The second-order valence-corrected chi connectivity index (χ2v) is 10.9. The van der Waals surface area contributed by atoms with E-state index >= 15 is 4.39 Å². The van der Waals surface area contributed by atoms with Gasteiger partial charge in [-0.15, -0.1) is 0 Å². The first-order valence-corrected chi connectivity index (χ1v) is 13.6. The Kier molecular flexibility index (Phi) is 7.80. The summed E-state index contributed by atoms with van der Waals surface area (Å²) in [6.07, 6.45) is 3.99. The van der Waals surface area contributed by atoms with E-state index in [-0.39, 0.29) is 36.4 Å². The van der Waals surface area contributed by atoms with Crippen molar-refractivity contribution in [3.05, 3.63) is 52.1 Å². The fourth-order valence-electron chi connectivity index (χ4n) is 5.35. The smallest absolute Gasteiger partial charge is 0.326 e. The third-order valence-electron chi connectivity index (χ3n) is 7.79. The number of Topliss-reactive ketones (excluding diaryl/α,β-unsaturated/α-hetero) is 1. The van der Waals surface area contributed by atoms with Crippen LogP contribution in [0, 0.1) is 11.7 Å². The Morgan fingerprint density at radius 3 is 2.66 bits per heavy atom. The number of anilines is 1. The van der Waals surface area contributed by atoms with Crippen LogP contribution in [0.15, 0.2) is 29.6 Å². The summed E-state index contributed by atoms with van der Waals surface area (Å²) in [6.45, 7) is 6.33. The summed E-state index contributed by atoms with van der Waals surface area (Å²) < 4.78 is 23.4. The van der Waals surface area contributed by atoms with Crippen molar-refractivity contribution < 1.29 is 28.6 Å². The van der Waals surface area contributed by atoms with Crippen LogP contribution in [0.4, 0.5) is 10.1 Å². The Balaban J connectivity index is 1.42. The molecule has 0 radical (unpaired) electrons. The minimum Gasteiger partial charge on any atom is -0.487 e. The summed E-state index contributed by atoms with van der Waals surface area (Å²) in [5.41, 5.74) is 0.489. The monoisotopic (exact) mass is 568 g/mol. The van der Waals surface area contributed by atoms with Gasteiger partial charge in [0.05, 0.1) is 28.8 Å². The molecule has 1 saturated heterocycles.